The number of urea groups is 1. The SMILES string of the molecule is C[C@H](NC(=O)N1CCC[C@@H](CO)C1)c1cnn(Cc2ccccc2)c1. The van der Waals surface area contributed by atoms with Crippen LogP contribution >= 0.6 is 0 Å². The second kappa shape index (κ2) is 8.16. The summed E-state index contributed by atoms with van der Waals surface area (Å²) >= 11 is 0. The van der Waals surface area contributed by atoms with Gasteiger partial charge in [-0.05, 0) is 31.2 Å². The first-order valence-corrected chi connectivity index (χ1v) is 8.88. The van der Waals surface area contributed by atoms with Crippen LogP contribution in [0.5, 0.6) is 0 Å². The van der Waals surface area contributed by atoms with E-state index in [0.29, 0.717) is 13.1 Å². The molecule has 1 aliphatic heterocycles. The monoisotopic (exact) mass is 342 g/mol. The Morgan fingerprint density at radius 3 is 2.96 bits per heavy atom. The topological polar surface area (TPSA) is 70.4 Å². The first kappa shape index (κ1) is 17.5. The van der Waals surface area contributed by atoms with Crippen molar-refractivity contribution in [3.05, 3.63) is 53.9 Å². The van der Waals surface area contributed by atoms with Gasteiger partial charge in [0.15, 0.2) is 0 Å². The van der Waals surface area contributed by atoms with Crippen molar-refractivity contribution in [2.45, 2.75) is 32.4 Å². The van der Waals surface area contributed by atoms with E-state index in [-0.39, 0.29) is 24.6 Å². The molecule has 0 radical (unpaired) electrons. The Kier molecular flexibility index (Phi) is 5.71. The summed E-state index contributed by atoms with van der Waals surface area (Å²) < 4.78 is 1.88. The van der Waals surface area contributed by atoms with Crippen molar-refractivity contribution in [1.82, 2.24) is 20.0 Å². The van der Waals surface area contributed by atoms with E-state index in [1.165, 1.54) is 5.56 Å². The van der Waals surface area contributed by atoms with Crippen LogP contribution in [0.15, 0.2) is 42.7 Å². The summed E-state index contributed by atoms with van der Waals surface area (Å²) in [7, 11) is 0. The number of benzene rings is 1. The van der Waals surface area contributed by atoms with Crippen LogP contribution < -0.4 is 5.32 Å². The standard InChI is InChI=1S/C19H26N4O2/c1-15(21-19(25)22-9-5-8-17(11-22)14-24)18-10-20-23(13-18)12-16-6-3-2-4-7-16/h2-4,6-7,10,13,15,17,24H,5,8-9,11-12,14H2,1H3,(H,21,25)/t15-,17+/m0/s1. The van der Waals surface area contributed by atoms with E-state index in [2.05, 4.69) is 22.5 Å². The predicted octanol–water partition coefficient (Wildman–Crippen LogP) is 2.41. The predicted molar refractivity (Wildman–Crippen MR) is 96.1 cm³/mol. The number of hydrogen-bond acceptors (Lipinski definition) is 3. The number of likely N-dealkylation sites (tertiary alicyclic amines) is 1. The Bertz CT molecular complexity index is 686. The minimum absolute atomic E-state index is 0.0681. The number of hydrogen-bond donors (Lipinski definition) is 2. The Morgan fingerprint density at radius 1 is 1.40 bits per heavy atom. The molecule has 2 aromatic rings. The average molecular weight is 342 g/mol. The third kappa shape index (κ3) is 4.60. The van der Waals surface area contributed by atoms with E-state index in [0.717, 1.165) is 24.9 Å². The second-order valence-corrected chi connectivity index (χ2v) is 6.76. The molecule has 0 aliphatic carbocycles. The molecule has 0 bridgehead atoms. The van der Waals surface area contributed by atoms with E-state index in [9.17, 15) is 9.90 Å². The number of aromatic nitrogens is 2. The van der Waals surface area contributed by atoms with Gasteiger partial charge in [0.25, 0.3) is 0 Å². The van der Waals surface area contributed by atoms with Crippen molar-refractivity contribution < 1.29 is 9.90 Å². The van der Waals surface area contributed by atoms with Crippen LogP contribution in [0.3, 0.4) is 0 Å². The van der Waals surface area contributed by atoms with Crippen LogP contribution in [-0.4, -0.2) is 45.5 Å². The molecule has 2 amide bonds. The van der Waals surface area contributed by atoms with Gasteiger partial charge in [0.05, 0.1) is 18.8 Å². The molecule has 1 aromatic carbocycles. The molecular weight excluding hydrogens is 316 g/mol. The number of aliphatic hydroxyl groups is 1. The third-order valence-electron chi connectivity index (χ3n) is 4.74. The zero-order chi connectivity index (χ0) is 17.6. The van der Waals surface area contributed by atoms with Crippen molar-refractivity contribution in [3.8, 4) is 0 Å². The lowest BCUT2D eigenvalue weighted by atomic mass is 9.99. The van der Waals surface area contributed by atoms with Gasteiger partial charge in [-0.25, -0.2) is 4.79 Å². The molecule has 2 N–H and O–H groups in total. The molecule has 25 heavy (non-hydrogen) atoms. The van der Waals surface area contributed by atoms with E-state index >= 15 is 0 Å². The smallest absolute Gasteiger partial charge is 0.317 e. The number of piperidine rings is 1. The highest BCUT2D eigenvalue weighted by Gasteiger charge is 2.24. The molecule has 2 atom stereocenters. The first-order chi connectivity index (χ1) is 12.2. The summed E-state index contributed by atoms with van der Waals surface area (Å²) in [5, 5.41) is 16.7. The summed E-state index contributed by atoms with van der Waals surface area (Å²) in [4.78, 5) is 14.2. The van der Waals surface area contributed by atoms with Crippen molar-refractivity contribution in [1.29, 1.82) is 0 Å². The number of carbonyl (C=O) groups is 1. The van der Waals surface area contributed by atoms with Crippen molar-refractivity contribution in [3.63, 3.8) is 0 Å². The molecule has 1 saturated heterocycles. The van der Waals surface area contributed by atoms with Gasteiger partial charge in [0.1, 0.15) is 0 Å². The van der Waals surface area contributed by atoms with Crippen LogP contribution in [0, 0.1) is 5.92 Å². The lowest BCUT2D eigenvalue weighted by Gasteiger charge is -2.32. The van der Waals surface area contributed by atoms with Crippen LogP contribution in [0.4, 0.5) is 4.79 Å². The fraction of sp³-hybridized carbons (Fsp3) is 0.474. The Balaban J connectivity index is 1.56. The highest BCUT2D eigenvalue weighted by Crippen LogP contribution is 2.17. The summed E-state index contributed by atoms with van der Waals surface area (Å²) in [6.07, 6.45) is 5.72. The maximum Gasteiger partial charge on any atom is 0.317 e. The quantitative estimate of drug-likeness (QED) is 0.877. The zero-order valence-electron chi connectivity index (χ0n) is 14.6. The average Bonchev–Trinajstić information content (AvgIpc) is 3.11. The number of aliphatic hydroxyl groups excluding tert-OH is 1. The summed E-state index contributed by atoms with van der Waals surface area (Å²) in [5.74, 6) is 0.198. The maximum atomic E-state index is 12.4. The van der Waals surface area contributed by atoms with Crippen molar-refractivity contribution in [2.24, 2.45) is 5.92 Å². The molecule has 1 aromatic heterocycles. The Labute approximate surface area is 148 Å². The molecule has 0 spiro atoms. The van der Waals surface area contributed by atoms with E-state index in [1.54, 1.807) is 11.1 Å². The number of nitrogens with one attached hydrogen (secondary N) is 1. The number of amides is 2. The van der Waals surface area contributed by atoms with Crippen LogP contribution in [0.2, 0.25) is 0 Å². The van der Waals surface area contributed by atoms with Gasteiger partial charge < -0.3 is 15.3 Å². The Hall–Kier alpha value is -2.34. The van der Waals surface area contributed by atoms with Gasteiger partial charge in [0.2, 0.25) is 0 Å². The molecule has 6 heteroatoms. The third-order valence-corrected chi connectivity index (χ3v) is 4.74. The van der Waals surface area contributed by atoms with Gasteiger partial charge in [-0.3, -0.25) is 4.68 Å². The highest BCUT2D eigenvalue weighted by molar-refractivity contribution is 5.74. The molecule has 134 valence electrons. The summed E-state index contributed by atoms with van der Waals surface area (Å²) in [5.41, 5.74) is 2.18. The molecule has 0 unspecified atom stereocenters. The minimum Gasteiger partial charge on any atom is -0.396 e. The van der Waals surface area contributed by atoms with Crippen molar-refractivity contribution >= 4 is 6.03 Å². The van der Waals surface area contributed by atoms with E-state index in [1.807, 2.05) is 36.0 Å². The molecule has 1 aliphatic rings. The van der Waals surface area contributed by atoms with Crippen LogP contribution in [0.1, 0.15) is 36.9 Å². The van der Waals surface area contributed by atoms with Gasteiger partial charge in [-0.2, -0.15) is 5.10 Å². The van der Waals surface area contributed by atoms with Gasteiger partial charge in [-0.15, -0.1) is 0 Å². The summed E-state index contributed by atoms with van der Waals surface area (Å²) in [6, 6.07) is 9.99. The number of nitrogens with zero attached hydrogens (tertiary/aromatic N) is 3. The summed E-state index contributed by atoms with van der Waals surface area (Å²) in [6.45, 7) is 4.21. The van der Waals surface area contributed by atoms with Gasteiger partial charge in [-0.1, -0.05) is 30.3 Å². The Morgan fingerprint density at radius 2 is 2.20 bits per heavy atom. The second-order valence-electron chi connectivity index (χ2n) is 6.76. The molecule has 6 nitrogen and oxygen atoms in total. The lowest BCUT2D eigenvalue weighted by Crippen LogP contribution is -2.46. The minimum atomic E-state index is -0.105. The van der Waals surface area contributed by atoms with Crippen LogP contribution in [-0.2, 0) is 6.54 Å². The van der Waals surface area contributed by atoms with E-state index < -0.39 is 0 Å². The fourth-order valence-electron chi connectivity index (χ4n) is 3.22. The first-order valence-electron chi connectivity index (χ1n) is 8.88. The zero-order valence-corrected chi connectivity index (χ0v) is 14.6. The molecule has 2 heterocycles. The van der Waals surface area contributed by atoms with Gasteiger partial charge >= 0.3 is 6.03 Å². The largest absolute Gasteiger partial charge is 0.396 e. The fourth-order valence-corrected chi connectivity index (χ4v) is 3.22. The molecular formula is C19H26N4O2. The maximum absolute atomic E-state index is 12.4. The van der Waals surface area contributed by atoms with Gasteiger partial charge in [0, 0.05) is 31.5 Å². The molecule has 3 rings (SSSR count). The van der Waals surface area contributed by atoms with Crippen LogP contribution in [0.25, 0.3) is 0 Å². The normalized spacial score (nSPS) is 18.8. The van der Waals surface area contributed by atoms with Crippen molar-refractivity contribution in [2.75, 3.05) is 19.7 Å². The van der Waals surface area contributed by atoms with E-state index in [4.69, 9.17) is 0 Å². The molecule has 1 fully saturated rings. The number of carbonyl (C=O) groups excluding carboxylic acids is 1. The highest BCUT2D eigenvalue weighted by atomic mass is 16.3. The lowest BCUT2D eigenvalue weighted by molar-refractivity contribution is 0.128. The molecule has 0 saturated carbocycles. The number of rotatable bonds is 5.